The molecule has 1 heterocycles. The number of aliphatic hydroxyl groups is 1. The maximum Gasteiger partial charge on any atom is 0.410 e. The van der Waals surface area contributed by atoms with Crippen LogP contribution in [0.2, 0.25) is 0 Å². The van der Waals surface area contributed by atoms with E-state index in [0.717, 1.165) is 30.4 Å². The number of ether oxygens (including phenoxy) is 2. The van der Waals surface area contributed by atoms with E-state index in [1.165, 1.54) is 11.0 Å². The van der Waals surface area contributed by atoms with Crippen LogP contribution in [-0.4, -0.2) is 59.4 Å². The number of methoxy groups -OCH3 is 1. The molecule has 10 heteroatoms. The summed E-state index contributed by atoms with van der Waals surface area (Å²) in [4.78, 5) is 38.7. The smallest absolute Gasteiger partial charge is 0.410 e. The molecule has 8 nitrogen and oxygen atoms in total. The lowest BCUT2D eigenvalue weighted by Gasteiger charge is -2.40. The van der Waals surface area contributed by atoms with Crippen molar-refractivity contribution in [2.75, 3.05) is 13.7 Å². The Morgan fingerprint density at radius 1 is 1.14 bits per heavy atom. The average molecular weight is 505 g/mol. The van der Waals surface area contributed by atoms with Crippen molar-refractivity contribution in [3.8, 4) is 0 Å². The third kappa shape index (κ3) is 6.37. The van der Waals surface area contributed by atoms with Crippen molar-refractivity contribution in [2.45, 2.75) is 57.9 Å². The Morgan fingerprint density at radius 3 is 2.42 bits per heavy atom. The van der Waals surface area contributed by atoms with E-state index in [4.69, 9.17) is 4.74 Å². The predicted octanol–water partition coefficient (Wildman–Crippen LogP) is 3.86. The lowest BCUT2D eigenvalue weighted by atomic mass is 9.91. The Bertz CT molecular complexity index is 1130. The first-order valence-electron chi connectivity index (χ1n) is 11.4. The average Bonchev–Trinajstić information content (AvgIpc) is 2.84. The van der Waals surface area contributed by atoms with Gasteiger partial charge in [-0.2, -0.15) is 0 Å². The molecule has 2 aromatic rings. The number of hydrogen-bond donors (Lipinski definition) is 2. The van der Waals surface area contributed by atoms with Crippen LogP contribution in [0.1, 0.15) is 64.6 Å². The van der Waals surface area contributed by atoms with Gasteiger partial charge >= 0.3 is 12.1 Å². The van der Waals surface area contributed by atoms with Gasteiger partial charge in [0.05, 0.1) is 24.8 Å². The molecule has 0 saturated carbocycles. The highest BCUT2D eigenvalue weighted by atomic mass is 19.3. The van der Waals surface area contributed by atoms with Gasteiger partial charge in [0.1, 0.15) is 5.60 Å². The van der Waals surface area contributed by atoms with Gasteiger partial charge in [0.2, 0.25) is 0 Å². The molecule has 194 valence electrons. The summed E-state index contributed by atoms with van der Waals surface area (Å²) in [5.41, 5.74) is 0.0435. The number of esters is 1. The number of halogens is 2. The fourth-order valence-electron chi connectivity index (χ4n) is 4.03. The van der Waals surface area contributed by atoms with E-state index in [-0.39, 0.29) is 24.2 Å². The largest absolute Gasteiger partial charge is 0.465 e. The van der Waals surface area contributed by atoms with Crippen LogP contribution in [0.25, 0.3) is 0 Å². The molecule has 0 aromatic heterocycles. The Balaban J connectivity index is 1.78. The first-order chi connectivity index (χ1) is 16.9. The summed E-state index contributed by atoms with van der Waals surface area (Å²) in [6, 6.07) is 10.0. The summed E-state index contributed by atoms with van der Waals surface area (Å²) in [7, 11) is 1.12. The molecule has 2 N–H and O–H groups in total. The number of hydrogen-bond acceptors (Lipinski definition) is 6. The second kappa shape index (κ2) is 11.0. The maximum atomic E-state index is 13.6. The molecule has 0 bridgehead atoms. The minimum Gasteiger partial charge on any atom is -0.465 e. The maximum absolute atomic E-state index is 13.6. The molecule has 0 fully saturated rings. The SMILES string of the molecule is COC(=O)c1ccc(C(=O)NC[C@@H](O)[C@@H]2Cc3ccccc3CN2C(=O)OC(C)(C)C)c(C(F)F)c1. The van der Waals surface area contributed by atoms with Gasteiger partial charge in [-0.25, -0.2) is 18.4 Å². The van der Waals surface area contributed by atoms with Crippen molar-refractivity contribution >= 4 is 18.0 Å². The van der Waals surface area contributed by atoms with E-state index in [2.05, 4.69) is 10.1 Å². The quantitative estimate of drug-likeness (QED) is 0.579. The Hall–Kier alpha value is -3.53. The predicted molar refractivity (Wildman–Crippen MR) is 127 cm³/mol. The Labute approximate surface area is 208 Å². The van der Waals surface area contributed by atoms with Gasteiger partial charge < -0.3 is 19.9 Å². The zero-order chi connectivity index (χ0) is 26.6. The van der Waals surface area contributed by atoms with E-state index in [0.29, 0.717) is 6.42 Å². The van der Waals surface area contributed by atoms with E-state index >= 15 is 0 Å². The van der Waals surface area contributed by atoms with Gasteiger partial charge in [-0.15, -0.1) is 0 Å². The van der Waals surface area contributed by atoms with E-state index < -0.39 is 47.7 Å². The number of nitrogens with one attached hydrogen (secondary N) is 1. The fraction of sp³-hybridized carbons (Fsp3) is 0.423. The van der Waals surface area contributed by atoms with Gasteiger partial charge in [-0.3, -0.25) is 9.69 Å². The highest BCUT2D eigenvalue weighted by molar-refractivity contribution is 5.98. The molecule has 2 atom stereocenters. The van der Waals surface area contributed by atoms with E-state index in [9.17, 15) is 28.3 Å². The highest BCUT2D eigenvalue weighted by Crippen LogP contribution is 2.28. The topological polar surface area (TPSA) is 105 Å². The fourth-order valence-corrected chi connectivity index (χ4v) is 4.03. The zero-order valence-corrected chi connectivity index (χ0v) is 20.6. The lowest BCUT2D eigenvalue weighted by Crippen LogP contribution is -2.54. The Morgan fingerprint density at radius 2 is 1.81 bits per heavy atom. The summed E-state index contributed by atoms with van der Waals surface area (Å²) in [6.45, 7) is 5.12. The third-order valence-corrected chi connectivity index (χ3v) is 5.78. The minimum atomic E-state index is -3.02. The molecule has 0 unspecified atom stereocenters. The van der Waals surface area contributed by atoms with Gasteiger partial charge in [-0.05, 0) is 56.5 Å². The van der Waals surface area contributed by atoms with Crippen molar-refractivity contribution in [1.29, 1.82) is 0 Å². The molecule has 2 amide bonds. The van der Waals surface area contributed by atoms with Crippen LogP contribution >= 0.6 is 0 Å². The van der Waals surface area contributed by atoms with E-state index in [1.54, 1.807) is 20.8 Å². The molecule has 0 saturated heterocycles. The molecule has 2 aromatic carbocycles. The number of alkyl halides is 2. The van der Waals surface area contributed by atoms with Gasteiger partial charge in [-0.1, -0.05) is 24.3 Å². The van der Waals surface area contributed by atoms with Crippen LogP contribution in [0.3, 0.4) is 0 Å². The minimum absolute atomic E-state index is 0.113. The number of benzene rings is 2. The highest BCUT2D eigenvalue weighted by Gasteiger charge is 2.37. The summed E-state index contributed by atoms with van der Waals surface area (Å²) in [6.07, 6.45) is -4.51. The third-order valence-electron chi connectivity index (χ3n) is 5.78. The molecule has 36 heavy (non-hydrogen) atoms. The molecule has 1 aliphatic heterocycles. The summed E-state index contributed by atoms with van der Waals surface area (Å²) in [5.74, 6) is -1.65. The van der Waals surface area contributed by atoms with Crippen LogP contribution in [0.5, 0.6) is 0 Å². The Kier molecular flexibility index (Phi) is 8.29. The number of amides is 2. The molecule has 0 aliphatic carbocycles. The number of fused-ring (bicyclic) bond motifs is 1. The standard InChI is InChI=1S/C26H30F2N2O6/c1-26(2,3)36-25(34)30-14-17-8-6-5-7-15(17)12-20(30)21(31)13-29-23(32)18-10-9-16(24(33)35-4)11-19(18)22(27)28/h5-11,20-22,31H,12-14H2,1-4H3,(H,29,32)/t20-,21+/m0/s1. The molecule has 0 spiro atoms. The van der Waals surface area contributed by atoms with Gasteiger partial charge in [0.15, 0.2) is 0 Å². The molecule has 0 radical (unpaired) electrons. The zero-order valence-electron chi connectivity index (χ0n) is 20.6. The molecular formula is C26H30F2N2O6. The van der Waals surface area contributed by atoms with Crippen LogP contribution in [-0.2, 0) is 22.4 Å². The number of carbonyl (C=O) groups is 3. The van der Waals surface area contributed by atoms with Crippen molar-refractivity contribution < 1.29 is 37.7 Å². The molecule has 3 rings (SSSR count). The van der Waals surface area contributed by atoms with Crippen molar-refractivity contribution in [3.63, 3.8) is 0 Å². The molecular weight excluding hydrogens is 474 g/mol. The van der Waals surface area contributed by atoms with Crippen molar-refractivity contribution in [3.05, 3.63) is 70.3 Å². The number of nitrogens with zero attached hydrogens (tertiary/aromatic N) is 1. The normalized spacial score (nSPS) is 16.2. The molecule has 1 aliphatic rings. The van der Waals surface area contributed by atoms with Crippen LogP contribution in [0, 0.1) is 0 Å². The van der Waals surface area contributed by atoms with Gasteiger partial charge in [0, 0.05) is 24.2 Å². The first-order valence-corrected chi connectivity index (χ1v) is 11.4. The van der Waals surface area contributed by atoms with Crippen molar-refractivity contribution in [1.82, 2.24) is 10.2 Å². The first kappa shape index (κ1) is 27.1. The monoisotopic (exact) mass is 504 g/mol. The number of carbonyl (C=O) groups excluding carboxylic acids is 3. The second-order valence-corrected chi connectivity index (χ2v) is 9.52. The number of aliphatic hydroxyl groups excluding tert-OH is 1. The number of rotatable bonds is 6. The van der Waals surface area contributed by atoms with Crippen LogP contribution in [0.4, 0.5) is 13.6 Å². The second-order valence-electron chi connectivity index (χ2n) is 9.52. The van der Waals surface area contributed by atoms with E-state index in [1.807, 2.05) is 24.3 Å². The summed E-state index contributed by atoms with van der Waals surface area (Å²) in [5, 5.41) is 13.4. The van der Waals surface area contributed by atoms with Crippen LogP contribution in [0.15, 0.2) is 42.5 Å². The lowest BCUT2D eigenvalue weighted by molar-refractivity contribution is -0.0113. The van der Waals surface area contributed by atoms with Crippen molar-refractivity contribution in [2.24, 2.45) is 0 Å². The van der Waals surface area contributed by atoms with Gasteiger partial charge in [0.25, 0.3) is 12.3 Å². The van der Waals surface area contributed by atoms with Crippen LogP contribution < -0.4 is 5.32 Å². The summed E-state index contributed by atoms with van der Waals surface area (Å²) >= 11 is 0. The summed E-state index contributed by atoms with van der Waals surface area (Å²) < 4.78 is 37.3.